The van der Waals surface area contributed by atoms with Crippen LogP contribution in [0.3, 0.4) is 0 Å². The average Bonchev–Trinajstić information content (AvgIpc) is 2.38. The maximum atomic E-state index is 12.6. The molecular formula is C13H15F3N2O. The van der Waals surface area contributed by atoms with Crippen molar-refractivity contribution in [3.63, 3.8) is 0 Å². The van der Waals surface area contributed by atoms with Crippen molar-refractivity contribution in [1.82, 2.24) is 5.32 Å². The third kappa shape index (κ3) is 3.07. The molecule has 0 amide bonds. The maximum absolute atomic E-state index is 12.6. The number of hydrogen-bond donors (Lipinski definition) is 2. The van der Waals surface area contributed by atoms with Gasteiger partial charge in [-0.25, -0.2) is 0 Å². The predicted molar refractivity (Wildman–Crippen MR) is 65.8 cm³/mol. The molecule has 0 saturated carbocycles. The van der Waals surface area contributed by atoms with E-state index >= 15 is 0 Å². The van der Waals surface area contributed by atoms with Gasteiger partial charge in [-0.1, -0.05) is 0 Å². The number of benzene rings is 1. The minimum absolute atomic E-state index is 0.0245. The van der Waals surface area contributed by atoms with Crippen molar-refractivity contribution >= 4 is 11.5 Å². The summed E-state index contributed by atoms with van der Waals surface area (Å²) in [5, 5.41) is 3.07. The number of alkyl halides is 3. The summed E-state index contributed by atoms with van der Waals surface area (Å²) in [6.45, 7) is 1.33. The lowest BCUT2D eigenvalue weighted by atomic mass is 9.89. The minimum atomic E-state index is -4.46. The number of Topliss-reactive ketones (excluding diaryl/α,β-unsaturated/α-hetero) is 1. The van der Waals surface area contributed by atoms with Gasteiger partial charge in [0.2, 0.25) is 0 Å². The van der Waals surface area contributed by atoms with Crippen molar-refractivity contribution in [3.8, 4) is 0 Å². The molecule has 1 saturated heterocycles. The summed E-state index contributed by atoms with van der Waals surface area (Å²) in [6, 6.07) is 2.89. The Kier molecular flexibility index (Phi) is 3.80. The second-order valence-corrected chi connectivity index (χ2v) is 4.71. The molecule has 19 heavy (non-hydrogen) atoms. The van der Waals surface area contributed by atoms with Crippen LogP contribution < -0.4 is 11.1 Å². The summed E-state index contributed by atoms with van der Waals surface area (Å²) in [7, 11) is 0. The molecule has 1 aromatic carbocycles. The standard InChI is InChI=1S/C13H15F3N2O/c14-13(15,16)9-3-4-11(17)10(6-9)12(19)8-2-1-5-18-7-8/h3-4,6,8,18H,1-2,5,7,17H2. The van der Waals surface area contributed by atoms with Gasteiger partial charge >= 0.3 is 6.18 Å². The first kappa shape index (κ1) is 13.9. The van der Waals surface area contributed by atoms with Crippen LogP contribution in [0.4, 0.5) is 18.9 Å². The summed E-state index contributed by atoms with van der Waals surface area (Å²) in [5.74, 6) is -0.602. The highest BCUT2D eigenvalue weighted by atomic mass is 19.4. The normalized spacial score (nSPS) is 20.3. The summed E-state index contributed by atoms with van der Waals surface area (Å²) in [4.78, 5) is 12.2. The van der Waals surface area contributed by atoms with Crippen molar-refractivity contribution in [1.29, 1.82) is 0 Å². The van der Waals surface area contributed by atoms with Crippen molar-refractivity contribution < 1.29 is 18.0 Å². The second-order valence-electron chi connectivity index (χ2n) is 4.71. The third-order valence-corrected chi connectivity index (χ3v) is 3.31. The van der Waals surface area contributed by atoms with Crippen LogP contribution in [-0.4, -0.2) is 18.9 Å². The molecule has 0 aliphatic carbocycles. The molecule has 0 aromatic heterocycles. The average molecular weight is 272 g/mol. The van der Waals surface area contributed by atoms with E-state index < -0.39 is 11.7 Å². The number of ketones is 1. The summed E-state index contributed by atoms with van der Waals surface area (Å²) in [5.41, 5.74) is 4.87. The highest BCUT2D eigenvalue weighted by Gasteiger charge is 2.32. The van der Waals surface area contributed by atoms with E-state index in [1.54, 1.807) is 0 Å². The van der Waals surface area contributed by atoms with Gasteiger partial charge in [0, 0.05) is 23.7 Å². The third-order valence-electron chi connectivity index (χ3n) is 3.31. The molecule has 0 bridgehead atoms. The van der Waals surface area contributed by atoms with Crippen molar-refractivity contribution in [3.05, 3.63) is 29.3 Å². The molecule has 1 heterocycles. The monoisotopic (exact) mass is 272 g/mol. The van der Waals surface area contributed by atoms with Gasteiger partial charge in [-0.15, -0.1) is 0 Å². The van der Waals surface area contributed by atoms with Gasteiger partial charge in [-0.2, -0.15) is 13.2 Å². The van der Waals surface area contributed by atoms with Crippen LogP contribution in [0.25, 0.3) is 0 Å². The number of rotatable bonds is 2. The van der Waals surface area contributed by atoms with E-state index in [4.69, 9.17) is 5.73 Å². The van der Waals surface area contributed by atoms with Crippen molar-refractivity contribution in [2.24, 2.45) is 5.92 Å². The number of carbonyl (C=O) groups is 1. The fourth-order valence-corrected chi connectivity index (χ4v) is 2.24. The van der Waals surface area contributed by atoms with E-state index in [1.165, 1.54) is 0 Å². The fraction of sp³-hybridized carbons (Fsp3) is 0.462. The fourth-order valence-electron chi connectivity index (χ4n) is 2.24. The molecular weight excluding hydrogens is 257 g/mol. The van der Waals surface area contributed by atoms with Gasteiger partial charge in [0.05, 0.1) is 5.56 Å². The molecule has 1 aliphatic heterocycles. The number of nitrogen functional groups attached to an aromatic ring is 1. The van der Waals surface area contributed by atoms with Crippen LogP contribution in [0.15, 0.2) is 18.2 Å². The predicted octanol–water partition coefficient (Wildman–Crippen LogP) is 2.47. The van der Waals surface area contributed by atoms with E-state index in [0.717, 1.165) is 31.2 Å². The Morgan fingerprint density at radius 3 is 2.68 bits per heavy atom. The molecule has 1 aliphatic rings. The smallest absolute Gasteiger partial charge is 0.398 e. The van der Waals surface area contributed by atoms with Gasteiger partial charge in [0.15, 0.2) is 5.78 Å². The first-order valence-electron chi connectivity index (χ1n) is 6.11. The van der Waals surface area contributed by atoms with Crippen molar-refractivity contribution in [2.75, 3.05) is 18.8 Å². The largest absolute Gasteiger partial charge is 0.416 e. The van der Waals surface area contributed by atoms with Gasteiger partial charge in [-0.3, -0.25) is 4.79 Å². The van der Waals surface area contributed by atoms with Crippen LogP contribution in [0.5, 0.6) is 0 Å². The SMILES string of the molecule is Nc1ccc(C(F)(F)F)cc1C(=O)C1CCCNC1. The Morgan fingerprint density at radius 2 is 2.11 bits per heavy atom. The number of halogens is 3. The van der Waals surface area contributed by atoms with Gasteiger partial charge < -0.3 is 11.1 Å². The number of nitrogens with one attached hydrogen (secondary N) is 1. The summed E-state index contributed by atoms with van der Waals surface area (Å²) >= 11 is 0. The van der Waals surface area contributed by atoms with Gasteiger partial charge in [0.25, 0.3) is 0 Å². The Morgan fingerprint density at radius 1 is 1.37 bits per heavy atom. The topological polar surface area (TPSA) is 55.1 Å². The molecule has 2 rings (SSSR count). The molecule has 1 atom stereocenters. The van der Waals surface area contributed by atoms with Gasteiger partial charge in [-0.05, 0) is 37.6 Å². The Hall–Kier alpha value is -1.56. The zero-order valence-electron chi connectivity index (χ0n) is 10.3. The Bertz CT molecular complexity index is 479. The minimum Gasteiger partial charge on any atom is -0.398 e. The molecule has 0 spiro atoms. The number of carbonyl (C=O) groups excluding carboxylic acids is 1. The maximum Gasteiger partial charge on any atom is 0.416 e. The van der Waals surface area contributed by atoms with Crippen LogP contribution >= 0.6 is 0 Å². The van der Waals surface area contributed by atoms with E-state index in [0.29, 0.717) is 13.0 Å². The molecule has 3 N–H and O–H groups in total. The van der Waals surface area contributed by atoms with Gasteiger partial charge in [0.1, 0.15) is 0 Å². The zero-order chi connectivity index (χ0) is 14.0. The van der Waals surface area contributed by atoms with Crippen LogP contribution in [0.2, 0.25) is 0 Å². The summed E-state index contributed by atoms with van der Waals surface area (Å²) < 4.78 is 37.9. The first-order chi connectivity index (χ1) is 8.89. The number of hydrogen-bond acceptors (Lipinski definition) is 3. The zero-order valence-corrected chi connectivity index (χ0v) is 10.3. The quantitative estimate of drug-likeness (QED) is 0.642. The number of anilines is 1. The van der Waals surface area contributed by atoms with Crippen LogP contribution in [0.1, 0.15) is 28.8 Å². The molecule has 3 nitrogen and oxygen atoms in total. The molecule has 1 aromatic rings. The molecule has 1 unspecified atom stereocenters. The van der Waals surface area contributed by atoms with E-state index in [1.807, 2.05) is 0 Å². The van der Waals surface area contributed by atoms with E-state index in [2.05, 4.69) is 5.32 Å². The van der Waals surface area contributed by atoms with Crippen LogP contribution in [0, 0.1) is 5.92 Å². The molecule has 6 heteroatoms. The lowest BCUT2D eigenvalue weighted by Gasteiger charge is -2.22. The number of piperidine rings is 1. The van der Waals surface area contributed by atoms with E-state index in [-0.39, 0.29) is 23.0 Å². The molecule has 0 radical (unpaired) electrons. The molecule has 104 valence electrons. The molecule has 1 fully saturated rings. The summed E-state index contributed by atoms with van der Waals surface area (Å²) in [6.07, 6.45) is -2.94. The number of nitrogens with two attached hydrogens (primary N) is 1. The van der Waals surface area contributed by atoms with E-state index in [9.17, 15) is 18.0 Å². The van der Waals surface area contributed by atoms with Crippen molar-refractivity contribution in [2.45, 2.75) is 19.0 Å². The Balaban J connectivity index is 2.30. The first-order valence-corrected chi connectivity index (χ1v) is 6.11. The highest BCUT2D eigenvalue weighted by molar-refractivity contribution is 6.02. The van der Waals surface area contributed by atoms with Crippen LogP contribution in [-0.2, 0) is 6.18 Å². The Labute approximate surface area is 109 Å². The lowest BCUT2D eigenvalue weighted by molar-refractivity contribution is -0.137. The highest BCUT2D eigenvalue weighted by Crippen LogP contribution is 2.32. The second kappa shape index (κ2) is 5.21. The lowest BCUT2D eigenvalue weighted by Crippen LogP contribution is -2.34.